The first-order chi connectivity index (χ1) is 14.5. The zero-order chi connectivity index (χ0) is 21.1. The summed E-state index contributed by atoms with van der Waals surface area (Å²) in [5.74, 6) is 0.0110. The molecule has 4 aromatic rings. The van der Waals surface area contributed by atoms with Crippen LogP contribution in [0.4, 0.5) is 4.39 Å². The summed E-state index contributed by atoms with van der Waals surface area (Å²) in [5, 5.41) is 2.95. The topological polar surface area (TPSA) is 87.0 Å². The van der Waals surface area contributed by atoms with Gasteiger partial charge in [-0.15, -0.1) is 0 Å². The van der Waals surface area contributed by atoms with Gasteiger partial charge in [0.2, 0.25) is 0 Å². The van der Waals surface area contributed by atoms with Gasteiger partial charge in [-0.05, 0) is 60.5 Å². The fourth-order valence-corrected chi connectivity index (χ4v) is 3.16. The maximum Gasteiger partial charge on any atom is 0.323 e. The average molecular weight is 405 g/mol. The predicted octanol–water partition coefficient (Wildman–Crippen LogP) is 4.07. The van der Waals surface area contributed by atoms with E-state index in [1.165, 1.54) is 12.1 Å². The van der Waals surface area contributed by atoms with Crippen molar-refractivity contribution in [3.8, 4) is 5.75 Å². The van der Waals surface area contributed by atoms with E-state index < -0.39 is 0 Å². The largest absolute Gasteiger partial charge is 0.489 e. The van der Waals surface area contributed by atoms with Crippen LogP contribution in [0.2, 0.25) is 0 Å². The Labute approximate surface area is 171 Å². The summed E-state index contributed by atoms with van der Waals surface area (Å²) in [5.41, 5.74) is 3.31. The van der Waals surface area contributed by atoms with E-state index in [1.807, 2.05) is 19.1 Å². The number of hydrogen-bond donors (Lipinski definition) is 3. The summed E-state index contributed by atoms with van der Waals surface area (Å²) in [4.78, 5) is 29.5. The van der Waals surface area contributed by atoms with Crippen LogP contribution in [0.5, 0.6) is 5.75 Å². The van der Waals surface area contributed by atoms with Crippen molar-refractivity contribution in [3.63, 3.8) is 0 Å². The lowest BCUT2D eigenvalue weighted by atomic mass is 10.1. The highest BCUT2D eigenvalue weighted by molar-refractivity contribution is 5.94. The van der Waals surface area contributed by atoms with E-state index in [2.05, 4.69) is 15.3 Å². The summed E-state index contributed by atoms with van der Waals surface area (Å²) in [6.07, 6.45) is 0. The molecule has 4 rings (SSSR count). The van der Waals surface area contributed by atoms with Gasteiger partial charge in [-0.2, -0.15) is 0 Å². The zero-order valence-corrected chi connectivity index (χ0v) is 16.2. The highest BCUT2D eigenvalue weighted by atomic mass is 19.1. The first-order valence-corrected chi connectivity index (χ1v) is 9.48. The van der Waals surface area contributed by atoms with Crippen molar-refractivity contribution in [2.24, 2.45) is 0 Å². The van der Waals surface area contributed by atoms with Crippen LogP contribution in [0.1, 0.15) is 34.5 Å². The molecular weight excluding hydrogens is 385 g/mol. The maximum absolute atomic E-state index is 13.0. The highest BCUT2D eigenvalue weighted by Gasteiger charge is 2.13. The smallest absolute Gasteiger partial charge is 0.323 e. The number of rotatable bonds is 6. The van der Waals surface area contributed by atoms with Crippen LogP contribution in [0, 0.1) is 5.82 Å². The third-order valence-corrected chi connectivity index (χ3v) is 4.80. The lowest BCUT2D eigenvalue weighted by Gasteiger charge is -2.15. The quantitative estimate of drug-likeness (QED) is 0.452. The molecular formula is C23H20FN3O3. The summed E-state index contributed by atoms with van der Waals surface area (Å²) in [6, 6.07) is 18.2. The summed E-state index contributed by atoms with van der Waals surface area (Å²) in [7, 11) is 0. The van der Waals surface area contributed by atoms with Gasteiger partial charge in [-0.25, -0.2) is 9.18 Å². The number of halogens is 1. The van der Waals surface area contributed by atoms with Gasteiger partial charge in [0.05, 0.1) is 17.1 Å². The number of amides is 1. The molecule has 1 aromatic heterocycles. The fourth-order valence-electron chi connectivity index (χ4n) is 3.16. The molecule has 0 aliphatic heterocycles. The number of carbonyl (C=O) groups is 1. The SMILES string of the molecule is CC(NC(=O)c1cccc(OCc2ccc(F)cc2)c1)c1ccc2[nH]c(=O)[nH]c2c1. The number of fused-ring (bicyclic) bond motifs is 1. The van der Waals surface area contributed by atoms with Crippen LogP contribution in [-0.2, 0) is 6.61 Å². The normalized spacial score (nSPS) is 11.9. The summed E-state index contributed by atoms with van der Waals surface area (Å²) >= 11 is 0. The zero-order valence-electron chi connectivity index (χ0n) is 16.2. The summed E-state index contributed by atoms with van der Waals surface area (Å²) < 4.78 is 18.7. The molecule has 0 aliphatic rings. The van der Waals surface area contributed by atoms with E-state index in [1.54, 1.807) is 42.5 Å². The molecule has 152 valence electrons. The molecule has 0 aliphatic carbocycles. The van der Waals surface area contributed by atoms with Crippen molar-refractivity contribution >= 4 is 16.9 Å². The van der Waals surface area contributed by atoms with E-state index >= 15 is 0 Å². The lowest BCUT2D eigenvalue weighted by Crippen LogP contribution is -2.26. The minimum atomic E-state index is -0.298. The third-order valence-electron chi connectivity index (χ3n) is 4.80. The molecule has 1 unspecified atom stereocenters. The molecule has 1 heterocycles. The van der Waals surface area contributed by atoms with E-state index in [0.717, 1.165) is 11.1 Å². The number of aromatic amines is 2. The van der Waals surface area contributed by atoms with Gasteiger partial charge in [0, 0.05) is 5.56 Å². The Morgan fingerprint density at radius 1 is 1.03 bits per heavy atom. The monoisotopic (exact) mass is 405 g/mol. The van der Waals surface area contributed by atoms with E-state index in [4.69, 9.17) is 4.74 Å². The molecule has 0 saturated heterocycles. The standard InChI is InChI=1S/C23H20FN3O3/c1-14(16-7-10-20-21(12-16)27-23(29)26-20)25-22(28)17-3-2-4-19(11-17)30-13-15-5-8-18(24)9-6-15/h2-12,14H,13H2,1H3,(H,25,28)(H2,26,27,29). The molecule has 3 N–H and O–H groups in total. The molecule has 7 heteroatoms. The first-order valence-electron chi connectivity index (χ1n) is 9.48. The van der Waals surface area contributed by atoms with Gasteiger partial charge >= 0.3 is 5.69 Å². The number of nitrogens with one attached hydrogen (secondary N) is 3. The van der Waals surface area contributed by atoms with Crippen molar-refractivity contribution < 1.29 is 13.9 Å². The minimum Gasteiger partial charge on any atom is -0.489 e. The maximum atomic E-state index is 13.0. The molecule has 0 bridgehead atoms. The molecule has 6 nitrogen and oxygen atoms in total. The number of carbonyl (C=O) groups excluding carboxylic acids is 1. The molecule has 0 fully saturated rings. The van der Waals surface area contributed by atoms with Crippen LogP contribution in [0.25, 0.3) is 11.0 Å². The number of benzene rings is 3. The number of hydrogen-bond acceptors (Lipinski definition) is 3. The van der Waals surface area contributed by atoms with Crippen molar-refractivity contribution in [1.82, 2.24) is 15.3 Å². The molecule has 1 atom stereocenters. The summed E-state index contributed by atoms with van der Waals surface area (Å²) in [6.45, 7) is 2.15. The minimum absolute atomic E-state index is 0.239. The number of H-pyrrole nitrogens is 2. The average Bonchev–Trinajstić information content (AvgIpc) is 3.12. The molecule has 0 saturated carbocycles. The second-order valence-corrected chi connectivity index (χ2v) is 7.02. The third kappa shape index (κ3) is 4.41. The van der Waals surface area contributed by atoms with Crippen LogP contribution in [-0.4, -0.2) is 15.9 Å². The highest BCUT2D eigenvalue weighted by Crippen LogP contribution is 2.19. The van der Waals surface area contributed by atoms with E-state index in [0.29, 0.717) is 22.3 Å². The fraction of sp³-hybridized carbons (Fsp3) is 0.130. The first kappa shape index (κ1) is 19.4. The van der Waals surface area contributed by atoms with Gasteiger partial charge in [-0.3, -0.25) is 4.79 Å². The van der Waals surface area contributed by atoms with Gasteiger partial charge in [0.1, 0.15) is 18.2 Å². The van der Waals surface area contributed by atoms with Crippen molar-refractivity contribution in [1.29, 1.82) is 0 Å². The lowest BCUT2D eigenvalue weighted by molar-refractivity contribution is 0.0939. The molecule has 0 spiro atoms. The van der Waals surface area contributed by atoms with Crippen LogP contribution in [0.15, 0.2) is 71.5 Å². The van der Waals surface area contributed by atoms with Crippen LogP contribution in [0.3, 0.4) is 0 Å². The number of ether oxygens (including phenoxy) is 1. The van der Waals surface area contributed by atoms with E-state index in [-0.39, 0.29) is 30.1 Å². The predicted molar refractivity (Wildman–Crippen MR) is 112 cm³/mol. The van der Waals surface area contributed by atoms with Crippen LogP contribution >= 0.6 is 0 Å². The molecule has 3 aromatic carbocycles. The Morgan fingerprint density at radius 2 is 1.80 bits per heavy atom. The van der Waals surface area contributed by atoms with E-state index in [9.17, 15) is 14.0 Å². The van der Waals surface area contributed by atoms with Crippen molar-refractivity contribution in [2.75, 3.05) is 0 Å². The Hall–Kier alpha value is -3.87. The van der Waals surface area contributed by atoms with Gasteiger partial charge in [0.15, 0.2) is 0 Å². The van der Waals surface area contributed by atoms with Gasteiger partial charge < -0.3 is 20.0 Å². The molecule has 30 heavy (non-hydrogen) atoms. The number of aromatic nitrogens is 2. The van der Waals surface area contributed by atoms with Crippen molar-refractivity contribution in [2.45, 2.75) is 19.6 Å². The van der Waals surface area contributed by atoms with Crippen molar-refractivity contribution in [3.05, 3.63) is 99.7 Å². The van der Waals surface area contributed by atoms with Crippen LogP contribution < -0.4 is 15.7 Å². The Balaban J connectivity index is 1.42. The Bertz CT molecular complexity index is 1240. The van der Waals surface area contributed by atoms with Gasteiger partial charge in [-0.1, -0.05) is 24.3 Å². The molecule has 0 radical (unpaired) electrons. The van der Waals surface area contributed by atoms with Gasteiger partial charge in [0.25, 0.3) is 5.91 Å². The Kier molecular flexibility index (Phi) is 5.34. The number of imidazole rings is 1. The second-order valence-electron chi connectivity index (χ2n) is 7.02. The Morgan fingerprint density at radius 3 is 2.60 bits per heavy atom. The second kappa shape index (κ2) is 8.24. The molecule has 1 amide bonds.